The number of aromatic nitrogens is 1. The highest BCUT2D eigenvalue weighted by Gasteiger charge is 2.19. The van der Waals surface area contributed by atoms with Crippen molar-refractivity contribution >= 4 is 45.5 Å². The molecule has 0 atom stereocenters. The summed E-state index contributed by atoms with van der Waals surface area (Å²) in [6.07, 6.45) is 4.27. The molecule has 0 bridgehead atoms. The van der Waals surface area contributed by atoms with Gasteiger partial charge in [-0.05, 0) is 25.0 Å². The molecule has 0 unspecified atom stereocenters. The standard InChI is InChI=1S/C14H15Cl2N3/c1-17-12-8-18-14(19-4-2-3-5-19)10-6-9(15)7-11(16)13(10)12/h6-8,17H,2-5H2,1H3. The summed E-state index contributed by atoms with van der Waals surface area (Å²) in [4.78, 5) is 6.89. The van der Waals surface area contributed by atoms with Gasteiger partial charge in [0.1, 0.15) is 5.82 Å². The lowest BCUT2D eigenvalue weighted by molar-refractivity contribution is 0.946. The SMILES string of the molecule is CNc1cnc(N2CCCC2)c2cc(Cl)cc(Cl)c12. The molecular weight excluding hydrogens is 281 g/mol. The Morgan fingerprint density at radius 3 is 2.63 bits per heavy atom. The van der Waals surface area contributed by atoms with Crippen LogP contribution in [0, 0.1) is 0 Å². The minimum Gasteiger partial charge on any atom is -0.386 e. The maximum atomic E-state index is 6.35. The third-order valence-electron chi connectivity index (χ3n) is 3.56. The number of hydrogen-bond donors (Lipinski definition) is 1. The summed E-state index contributed by atoms with van der Waals surface area (Å²) in [5, 5.41) is 6.46. The molecule has 1 saturated heterocycles. The van der Waals surface area contributed by atoms with Crippen LogP contribution in [0.2, 0.25) is 10.0 Å². The number of rotatable bonds is 2. The molecule has 1 fully saturated rings. The third kappa shape index (κ3) is 2.21. The fraction of sp³-hybridized carbons (Fsp3) is 0.357. The highest BCUT2D eigenvalue weighted by Crippen LogP contribution is 2.38. The third-order valence-corrected chi connectivity index (χ3v) is 4.07. The average molecular weight is 296 g/mol. The number of nitrogens with zero attached hydrogens (tertiary/aromatic N) is 2. The summed E-state index contributed by atoms with van der Waals surface area (Å²) in [6.45, 7) is 2.09. The van der Waals surface area contributed by atoms with Gasteiger partial charge in [0.15, 0.2) is 0 Å². The Morgan fingerprint density at radius 1 is 1.21 bits per heavy atom. The zero-order chi connectivity index (χ0) is 13.4. The van der Waals surface area contributed by atoms with Crippen molar-refractivity contribution in [1.82, 2.24) is 4.98 Å². The second-order valence-corrected chi connectivity index (χ2v) is 5.59. The minimum absolute atomic E-state index is 0.646. The fourth-order valence-corrected chi connectivity index (χ4v) is 3.25. The van der Waals surface area contributed by atoms with E-state index in [0.29, 0.717) is 10.0 Å². The van der Waals surface area contributed by atoms with E-state index in [4.69, 9.17) is 23.2 Å². The molecule has 19 heavy (non-hydrogen) atoms. The predicted octanol–water partition coefficient (Wildman–Crippen LogP) is 4.18. The number of nitrogens with one attached hydrogen (secondary N) is 1. The second-order valence-electron chi connectivity index (χ2n) is 4.75. The molecule has 1 aromatic heterocycles. The quantitative estimate of drug-likeness (QED) is 0.901. The molecule has 5 heteroatoms. The van der Waals surface area contributed by atoms with E-state index < -0.39 is 0 Å². The monoisotopic (exact) mass is 295 g/mol. The van der Waals surface area contributed by atoms with Crippen LogP contribution in [0.25, 0.3) is 10.8 Å². The van der Waals surface area contributed by atoms with Gasteiger partial charge in [0.2, 0.25) is 0 Å². The number of pyridine rings is 1. The van der Waals surface area contributed by atoms with E-state index in [1.54, 1.807) is 6.07 Å². The van der Waals surface area contributed by atoms with Crippen LogP contribution in [0.1, 0.15) is 12.8 Å². The van der Waals surface area contributed by atoms with Gasteiger partial charge >= 0.3 is 0 Å². The molecule has 3 rings (SSSR count). The number of fused-ring (bicyclic) bond motifs is 1. The van der Waals surface area contributed by atoms with Crippen molar-refractivity contribution in [2.75, 3.05) is 30.4 Å². The van der Waals surface area contributed by atoms with Gasteiger partial charge in [-0.2, -0.15) is 0 Å². The van der Waals surface area contributed by atoms with Crippen LogP contribution >= 0.6 is 23.2 Å². The predicted molar refractivity (Wildman–Crippen MR) is 82.8 cm³/mol. The zero-order valence-electron chi connectivity index (χ0n) is 10.7. The maximum Gasteiger partial charge on any atom is 0.136 e. The van der Waals surface area contributed by atoms with Gasteiger partial charge in [-0.1, -0.05) is 23.2 Å². The molecule has 1 aliphatic rings. The van der Waals surface area contributed by atoms with Crippen LogP contribution in [-0.2, 0) is 0 Å². The van der Waals surface area contributed by atoms with E-state index in [1.165, 1.54) is 12.8 Å². The fourth-order valence-electron chi connectivity index (χ4n) is 2.65. The Kier molecular flexibility index (Phi) is 3.42. The summed E-state index contributed by atoms with van der Waals surface area (Å²) in [6, 6.07) is 3.73. The van der Waals surface area contributed by atoms with E-state index in [1.807, 2.05) is 19.3 Å². The van der Waals surface area contributed by atoms with Gasteiger partial charge in [-0.15, -0.1) is 0 Å². The smallest absolute Gasteiger partial charge is 0.136 e. The molecule has 1 aliphatic heterocycles. The molecule has 0 spiro atoms. The zero-order valence-corrected chi connectivity index (χ0v) is 12.2. The van der Waals surface area contributed by atoms with E-state index in [0.717, 1.165) is 35.4 Å². The highest BCUT2D eigenvalue weighted by atomic mass is 35.5. The van der Waals surface area contributed by atoms with Crippen molar-refractivity contribution in [2.24, 2.45) is 0 Å². The Hall–Kier alpha value is -1.19. The van der Waals surface area contributed by atoms with Crippen LogP contribution in [0.5, 0.6) is 0 Å². The van der Waals surface area contributed by atoms with Crippen molar-refractivity contribution in [3.8, 4) is 0 Å². The number of benzene rings is 1. The summed E-state index contributed by atoms with van der Waals surface area (Å²) in [5.41, 5.74) is 0.930. The Labute approximate surface area is 122 Å². The van der Waals surface area contributed by atoms with E-state index in [9.17, 15) is 0 Å². The molecule has 1 N–H and O–H groups in total. The first-order valence-electron chi connectivity index (χ1n) is 6.41. The van der Waals surface area contributed by atoms with Gasteiger partial charge in [0, 0.05) is 35.9 Å². The number of anilines is 2. The summed E-state index contributed by atoms with van der Waals surface area (Å²) in [7, 11) is 1.87. The van der Waals surface area contributed by atoms with Gasteiger partial charge in [0.25, 0.3) is 0 Å². The molecule has 2 heterocycles. The number of halogens is 2. The lowest BCUT2D eigenvalue weighted by atomic mass is 10.1. The minimum atomic E-state index is 0.646. The first-order valence-corrected chi connectivity index (χ1v) is 7.17. The topological polar surface area (TPSA) is 28.2 Å². The Bertz CT molecular complexity index is 622. The molecule has 0 saturated carbocycles. The Balaban J connectivity index is 2.28. The lowest BCUT2D eigenvalue weighted by Gasteiger charge is -2.20. The summed E-state index contributed by atoms with van der Waals surface area (Å²) in [5.74, 6) is 0.982. The normalized spacial score (nSPS) is 15.2. The number of hydrogen-bond acceptors (Lipinski definition) is 3. The van der Waals surface area contributed by atoms with E-state index in [2.05, 4.69) is 15.2 Å². The Morgan fingerprint density at radius 2 is 1.95 bits per heavy atom. The van der Waals surface area contributed by atoms with Crippen LogP contribution in [0.15, 0.2) is 18.3 Å². The lowest BCUT2D eigenvalue weighted by Crippen LogP contribution is -2.19. The van der Waals surface area contributed by atoms with E-state index >= 15 is 0 Å². The average Bonchev–Trinajstić information content (AvgIpc) is 2.90. The molecule has 3 nitrogen and oxygen atoms in total. The summed E-state index contributed by atoms with van der Waals surface area (Å²) >= 11 is 12.5. The second kappa shape index (κ2) is 5.06. The van der Waals surface area contributed by atoms with Crippen LogP contribution < -0.4 is 10.2 Å². The maximum absolute atomic E-state index is 6.35. The largest absolute Gasteiger partial charge is 0.386 e. The molecule has 2 aromatic rings. The van der Waals surface area contributed by atoms with Crippen molar-refractivity contribution < 1.29 is 0 Å². The molecule has 0 radical (unpaired) electrons. The van der Waals surface area contributed by atoms with Crippen molar-refractivity contribution in [3.63, 3.8) is 0 Å². The molecule has 100 valence electrons. The molecular formula is C14H15Cl2N3. The van der Waals surface area contributed by atoms with Crippen LogP contribution in [-0.4, -0.2) is 25.1 Å². The van der Waals surface area contributed by atoms with E-state index in [-0.39, 0.29) is 0 Å². The van der Waals surface area contributed by atoms with Crippen LogP contribution in [0.3, 0.4) is 0 Å². The van der Waals surface area contributed by atoms with Crippen molar-refractivity contribution in [3.05, 3.63) is 28.4 Å². The first-order chi connectivity index (χ1) is 9.20. The molecule has 0 aliphatic carbocycles. The molecule has 0 amide bonds. The van der Waals surface area contributed by atoms with Gasteiger partial charge < -0.3 is 10.2 Å². The van der Waals surface area contributed by atoms with Gasteiger partial charge in [0.05, 0.1) is 16.9 Å². The van der Waals surface area contributed by atoms with Gasteiger partial charge in [-0.25, -0.2) is 4.98 Å². The van der Waals surface area contributed by atoms with Crippen molar-refractivity contribution in [2.45, 2.75) is 12.8 Å². The molecule has 1 aromatic carbocycles. The van der Waals surface area contributed by atoms with Crippen molar-refractivity contribution in [1.29, 1.82) is 0 Å². The summed E-state index contributed by atoms with van der Waals surface area (Å²) < 4.78 is 0. The van der Waals surface area contributed by atoms with Gasteiger partial charge in [-0.3, -0.25) is 0 Å². The van der Waals surface area contributed by atoms with Crippen LogP contribution in [0.4, 0.5) is 11.5 Å². The highest BCUT2D eigenvalue weighted by molar-refractivity contribution is 6.40. The first kappa shape index (κ1) is 12.8.